The van der Waals surface area contributed by atoms with Crippen LogP contribution in [0.5, 0.6) is 0 Å². The SMILES string of the molecule is CC(C)[C@H]1CNCCN1c1nc(-c2ccncc2)[nH]c(=O)c1Cl. The normalized spacial score (nSPS) is 18.4. The molecule has 1 aliphatic heterocycles. The van der Waals surface area contributed by atoms with Crippen LogP contribution in [0.25, 0.3) is 11.4 Å². The second-order valence-electron chi connectivity index (χ2n) is 6.00. The van der Waals surface area contributed by atoms with Crippen LogP contribution in [0.4, 0.5) is 5.82 Å². The molecule has 0 spiro atoms. The number of pyridine rings is 1. The maximum Gasteiger partial charge on any atom is 0.272 e. The van der Waals surface area contributed by atoms with Crippen molar-refractivity contribution in [1.82, 2.24) is 20.3 Å². The number of rotatable bonds is 3. The fraction of sp³-hybridized carbons (Fsp3) is 0.438. The topological polar surface area (TPSA) is 73.9 Å². The lowest BCUT2D eigenvalue weighted by Crippen LogP contribution is -2.54. The van der Waals surface area contributed by atoms with Crippen LogP contribution in [0, 0.1) is 5.92 Å². The average molecular weight is 334 g/mol. The summed E-state index contributed by atoms with van der Waals surface area (Å²) in [6.07, 6.45) is 3.34. The second kappa shape index (κ2) is 6.68. The highest BCUT2D eigenvalue weighted by Crippen LogP contribution is 2.27. The minimum Gasteiger partial charge on any atom is -0.349 e. The second-order valence-corrected chi connectivity index (χ2v) is 6.37. The molecule has 0 aromatic carbocycles. The van der Waals surface area contributed by atoms with Gasteiger partial charge in [0.05, 0.1) is 0 Å². The molecular formula is C16H20ClN5O. The van der Waals surface area contributed by atoms with E-state index in [-0.39, 0.29) is 16.6 Å². The van der Waals surface area contributed by atoms with Crippen molar-refractivity contribution in [2.45, 2.75) is 19.9 Å². The fourth-order valence-electron chi connectivity index (χ4n) is 2.87. The van der Waals surface area contributed by atoms with Crippen molar-refractivity contribution >= 4 is 17.4 Å². The summed E-state index contributed by atoms with van der Waals surface area (Å²) >= 11 is 6.28. The summed E-state index contributed by atoms with van der Waals surface area (Å²) in [5, 5.41) is 3.54. The molecule has 1 aliphatic rings. The van der Waals surface area contributed by atoms with Crippen molar-refractivity contribution in [3.8, 4) is 11.4 Å². The Morgan fingerprint density at radius 1 is 1.35 bits per heavy atom. The zero-order valence-corrected chi connectivity index (χ0v) is 14.0. The Hall–Kier alpha value is -1.92. The minimum atomic E-state index is -0.315. The fourth-order valence-corrected chi connectivity index (χ4v) is 3.07. The lowest BCUT2D eigenvalue weighted by Gasteiger charge is -2.39. The predicted molar refractivity (Wildman–Crippen MR) is 91.9 cm³/mol. The van der Waals surface area contributed by atoms with E-state index in [0.29, 0.717) is 17.6 Å². The molecule has 2 N–H and O–H groups in total. The van der Waals surface area contributed by atoms with E-state index in [0.717, 1.165) is 25.2 Å². The summed E-state index contributed by atoms with van der Waals surface area (Å²) in [5.41, 5.74) is 0.496. The lowest BCUT2D eigenvalue weighted by molar-refractivity contribution is 0.388. The van der Waals surface area contributed by atoms with Crippen molar-refractivity contribution in [3.05, 3.63) is 39.9 Å². The van der Waals surface area contributed by atoms with Gasteiger partial charge in [0.2, 0.25) is 0 Å². The number of anilines is 1. The average Bonchev–Trinajstić information content (AvgIpc) is 2.58. The van der Waals surface area contributed by atoms with Gasteiger partial charge in [-0.15, -0.1) is 0 Å². The molecular weight excluding hydrogens is 314 g/mol. The molecule has 2 aromatic rings. The van der Waals surface area contributed by atoms with Crippen molar-refractivity contribution in [3.63, 3.8) is 0 Å². The molecule has 1 fully saturated rings. The summed E-state index contributed by atoms with van der Waals surface area (Å²) < 4.78 is 0. The quantitative estimate of drug-likeness (QED) is 0.897. The Balaban J connectivity index is 2.08. The summed E-state index contributed by atoms with van der Waals surface area (Å²) in [5.74, 6) is 1.49. The van der Waals surface area contributed by atoms with Gasteiger partial charge in [-0.2, -0.15) is 0 Å². The van der Waals surface area contributed by atoms with E-state index in [1.807, 2.05) is 12.1 Å². The smallest absolute Gasteiger partial charge is 0.272 e. The van der Waals surface area contributed by atoms with Crippen LogP contribution in [0.3, 0.4) is 0 Å². The molecule has 1 saturated heterocycles. The van der Waals surface area contributed by atoms with Crippen LogP contribution < -0.4 is 15.8 Å². The molecule has 122 valence electrons. The molecule has 0 amide bonds. The van der Waals surface area contributed by atoms with Gasteiger partial charge in [0.1, 0.15) is 10.8 Å². The van der Waals surface area contributed by atoms with Crippen LogP contribution >= 0.6 is 11.6 Å². The number of piperazine rings is 1. The summed E-state index contributed by atoms with van der Waals surface area (Å²) in [6.45, 7) is 6.80. The summed E-state index contributed by atoms with van der Waals surface area (Å²) in [7, 11) is 0. The molecule has 3 rings (SSSR count). The molecule has 3 heterocycles. The third-order valence-electron chi connectivity index (χ3n) is 4.12. The largest absolute Gasteiger partial charge is 0.349 e. The highest BCUT2D eigenvalue weighted by molar-refractivity contribution is 6.32. The Morgan fingerprint density at radius 3 is 2.78 bits per heavy atom. The first kappa shape index (κ1) is 16.0. The molecule has 0 aliphatic carbocycles. The van der Waals surface area contributed by atoms with E-state index in [1.54, 1.807) is 12.4 Å². The number of aromatic nitrogens is 3. The Kier molecular flexibility index (Phi) is 4.63. The number of hydrogen-bond acceptors (Lipinski definition) is 5. The molecule has 0 saturated carbocycles. The Bertz CT molecular complexity index is 731. The maximum atomic E-state index is 12.3. The highest BCUT2D eigenvalue weighted by atomic mass is 35.5. The van der Waals surface area contributed by atoms with Crippen LogP contribution in [-0.2, 0) is 0 Å². The number of H-pyrrole nitrogens is 1. The van der Waals surface area contributed by atoms with E-state index >= 15 is 0 Å². The van der Waals surface area contributed by atoms with Crippen molar-refractivity contribution in [2.24, 2.45) is 5.92 Å². The van der Waals surface area contributed by atoms with Gasteiger partial charge in [-0.3, -0.25) is 9.78 Å². The standard InChI is InChI=1S/C16H20ClN5O/c1-10(2)12-9-19-7-8-22(12)15-13(17)16(23)21-14(20-15)11-3-5-18-6-4-11/h3-6,10,12,19H,7-9H2,1-2H3,(H,20,21,23)/t12-/m1/s1. The van der Waals surface area contributed by atoms with Gasteiger partial charge >= 0.3 is 0 Å². The Morgan fingerprint density at radius 2 is 2.09 bits per heavy atom. The van der Waals surface area contributed by atoms with Crippen LogP contribution in [0.2, 0.25) is 5.02 Å². The number of aromatic amines is 1. The molecule has 1 atom stereocenters. The van der Waals surface area contributed by atoms with Crippen LogP contribution in [-0.4, -0.2) is 40.6 Å². The van der Waals surface area contributed by atoms with Gasteiger partial charge in [-0.05, 0) is 18.1 Å². The molecule has 6 nitrogen and oxygen atoms in total. The zero-order valence-electron chi connectivity index (χ0n) is 13.2. The molecule has 7 heteroatoms. The van der Waals surface area contributed by atoms with E-state index in [2.05, 4.69) is 39.0 Å². The van der Waals surface area contributed by atoms with Gasteiger partial charge in [0.15, 0.2) is 5.82 Å². The first-order valence-corrected chi connectivity index (χ1v) is 8.13. The Labute approximate surface area is 139 Å². The molecule has 0 radical (unpaired) electrons. The summed E-state index contributed by atoms with van der Waals surface area (Å²) in [6, 6.07) is 3.88. The van der Waals surface area contributed by atoms with E-state index in [1.165, 1.54) is 0 Å². The molecule has 2 aromatic heterocycles. The highest BCUT2D eigenvalue weighted by Gasteiger charge is 2.28. The number of nitrogens with one attached hydrogen (secondary N) is 2. The first-order chi connectivity index (χ1) is 11.1. The lowest BCUT2D eigenvalue weighted by atomic mass is 10.0. The maximum absolute atomic E-state index is 12.3. The van der Waals surface area contributed by atoms with Gasteiger partial charge in [-0.1, -0.05) is 25.4 Å². The van der Waals surface area contributed by atoms with Crippen molar-refractivity contribution in [2.75, 3.05) is 24.5 Å². The van der Waals surface area contributed by atoms with Crippen LogP contribution in [0.1, 0.15) is 13.8 Å². The summed E-state index contributed by atoms with van der Waals surface area (Å²) in [4.78, 5) is 25.8. The zero-order chi connectivity index (χ0) is 16.4. The van der Waals surface area contributed by atoms with Crippen molar-refractivity contribution in [1.29, 1.82) is 0 Å². The molecule has 23 heavy (non-hydrogen) atoms. The van der Waals surface area contributed by atoms with Gasteiger partial charge < -0.3 is 15.2 Å². The van der Waals surface area contributed by atoms with Crippen molar-refractivity contribution < 1.29 is 0 Å². The van der Waals surface area contributed by atoms with Gasteiger partial charge in [0, 0.05) is 43.6 Å². The van der Waals surface area contributed by atoms with E-state index in [4.69, 9.17) is 11.6 Å². The van der Waals surface area contributed by atoms with Gasteiger partial charge in [0.25, 0.3) is 5.56 Å². The number of hydrogen-bond donors (Lipinski definition) is 2. The molecule has 0 unspecified atom stereocenters. The van der Waals surface area contributed by atoms with Gasteiger partial charge in [-0.25, -0.2) is 4.98 Å². The third-order valence-corrected chi connectivity index (χ3v) is 4.46. The minimum absolute atomic E-state index is 0.148. The number of nitrogens with zero attached hydrogens (tertiary/aromatic N) is 3. The molecule has 0 bridgehead atoms. The predicted octanol–water partition coefficient (Wildman–Crippen LogP) is 1.92. The third kappa shape index (κ3) is 3.23. The van der Waals surface area contributed by atoms with E-state index < -0.39 is 0 Å². The van der Waals surface area contributed by atoms with Crippen LogP contribution in [0.15, 0.2) is 29.3 Å². The number of halogens is 1. The van der Waals surface area contributed by atoms with E-state index in [9.17, 15) is 4.79 Å². The first-order valence-electron chi connectivity index (χ1n) is 7.75. The monoisotopic (exact) mass is 333 g/mol.